The fraction of sp³-hybridized carbons (Fsp3) is 0.278. The van der Waals surface area contributed by atoms with Gasteiger partial charge in [0.15, 0.2) is 0 Å². The molecule has 1 aliphatic rings. The van der Waals surface area contributed by atoms with Crippen LogP contribution in [0.2, 0.25) is 0 Å². The standard InChI is InChI=1S/C18H19FN2O/c19-16-8-6-15(7-9-16)18(22)20-12-14-10-11-21(13-14)17-4-2-1-3-5-17/h1-9,14H,10-13H2,(H,20,22)/t14-/m0/s1. The smallest absolute Gasteiger partial charge is 0.251 e. The lowest BCUT2D eigenvalue weighted by Crippen LogP contribution is -2.31. The van der Waals surface area contributed by atoms with Gasteiger partial charge >= 0.3 is 0 Å². The van der Waals surface area contributed by atoms with Crippen molar-refractivity contribution >= 4 is 11.6 Å². The summed E-state index contributed by atoms with van der Waals surface area (Å²) in [6.45, 7) is 2.62. The summed E-state index contributed by atoms with van der Waals surface area (Å²) < 4.78 is 12.8. The van der Waals surface area contributed by atoms with Gasteiger partial charge < -0.3 is 10.2 Å². The Morgan fingerprint density at radius 3 is 2.59 bits per heavy atom. The van der Waals surface area contributed by atoms with Crippen molar-refractivity contribution in [2.24, 2.45) is 5.92 Å². The number of carbonyl (C=O) groups is 1. The minimum atomic E-state index is -0.328. The van der Waals surface area contributed by atoms with Crippen molar-refractivity contribution in [3.63, 3.8) is 0 Å². The van der Waals surface area contributed by atoms with E-state index >= 15 is 0 Å². The van der Waals surface area contributed by atoms with Crippen LogP contribution in [0.15, 0.2) is 54.6 Å². The number of anilines is 1. The molecule has 0 spiro atoms. The van der Waals surface area contributed by atoms with Crippen molar-refractivity contribution in [2.75, 3.05) is 24.5 Å². The normalized spacial score (nSPS) is 17.5. The fourth-order valence-electron chi connectivity index (χ4n) is 2.81. The SMILES string of the molecule is O=C(NC[C@@H]1CCN(c2ccccc2)C1)c1ccc(F)cc1. The summed E-state index contributed by atoms with van der Waals surface area (Å²) in [4.78, 5) is 14.4. The lowest BCUT2D eigenvalue weighted by atomic mass is 10.1. The topological polar surface area (TPSA) is 32.3 Å². The molecule has 4 heteroatoms. The zero-order chi connectivity index (χ0) is 15.4. The summed E-state index contributed by atoms with van der Waals surface area (Å²) in [5.41, 5.74) is 1.73. The second kappa shape index (κ2) is 6.60. The van der Waals surface area contributed by atoms with Crippen LogP contribution >= 0.6 is 0 Å². The van der Waals surface area contributed by atoms with Crippen LogP contribution < -0.4 is 10.2 Å². The molecular formula is C18H19FN2O. The first-order chi connectivity index (χ1) is 10.7. The minimum Gasteiger partial charge on any atom is -0.371 e. The van der Waals surface area contributed by atoms with Gasteiger partial charge in [-0.3, -0.25) is 4.79 Å². The van der Waals surface area contributed by atoms with Gasteiger partial charge in [0.1, 0.15) is 5.82 Å². The Morgan fingerprint density at radius 1 is 1.14 bits per heavy atom. The number of hydrogen-bond acceptors (Lipinski definition) is 2. The fourth-order valence-corrected chi connectivity index (χ4v) is 2.81. The molecule has 1 amide bonds. The molecule has 1 heterocycles. The molecule has 22 heavy (non-hydrogen) atoms. The zero-order valence-electron chi connectivity index (χ0n) is 12.3. The summed E-state index contributed by atoms with van der Waals surface area (Å²) >= 11 is 0. The third kappa shape index (κ3) is 3.45. The number of benzene rings is 2. The molecule has 3 rings (SSSR count). The maximum Gasteiger partial charge on any atom is 0.251 e. The second-order valence-electron chi connectivity index (χ2n) is 5.65. The van der Waals surface area contributed by atoms with Crippen LogP contribution in [0.3, 0.4) is 0 Å². The molecule has 0 bridgehead atoms. The number of nitrogens with one attached hydrogen (secondary N) is 1. The summed E-state index contributed by atoms with van der Waals surface area (Å²) in [5, 5.41) is 2.94. The molecule has 1 saturated heterocycles. The van der Waals surface area contributed by atoms with Crippen LogP contribution in [0.1, 0.15) is 16.8 Å². The van der Waals surface area contributed by atoms with E-state index < -0.39 is 0 Å². The first-order valence-corrected chi connectivity index (χ1v) is 7.56. The van der Waals surface area contributed by atoms with Crippen LogP contribution in [-0.4, -0.2) is 25.5 Å². The van der Waals surface area contributed by atoms with E-state index in [0.717, 1.165) is 19.5 Å². The van der Waals surface area contributed by atoms with Crippen molar-refractivity contribution in [1.82, 2.24) is 5.32 Å². The monoisotopic (exact) mass is 298 g/mol. The van der Waals surface area contributed by atoms with E-state index in [9.17, 15) is 9.18 Å². The van der Waals surface area contributed by atoms with Crippen molar-refractivity contribution in [3.8, 4) is 0 Å². The van der Waals surface area contributed by atoms with Gasteiger partial charge in [-0.25, -0.2) is 4.39 Å². The molecule has 2 aromatic rings. The summed E-state index contributed by atoms with van der Waals surface area (Å²) in [6, 6.07) is 15.9. The van der Waals surface area contributed by atoms with E-state index in [1.807, 2.05) is 18.2 Å². The Hall–Kier alpha value is -2.36. The van der Waals surface area contributed by atoms with Crippen molar-refractivity contribution in [2.45, 2.75) is 6.42 Å². The molecule has 3 nitrogen and oxygen atoms in total. The number of halogens is 1. The highest BCUT2D eigenvalue weighted by molar-refractivity contribution is 5.94. The lowest BCUT2D eigenvalue weighted by molar-refractivity contribution is 0.0948. The number of nitrogens with zero attached hydrogens (tertiary/aromatic N) is 1. The highest BCUT2D eigenvalue weighted by Crippen LogP contribution is 2.23. The Kier molecular flexibility index (Phi) is 4.37. The first kappa shape index (κ1) is 14.6. The highest BCUT2D eigenvalue weighted by atomic mass is 19.1. The highest BCUT2D eigenvalue weighted by Gasteiger charge is 2.23. The number of para-hydroxylation sites is 1. The average molecular weight is 298 g/mol. The van der Waals surface area contributed by atoms with Gasteiger partial charge in [-0.15, -0.1) is 0 Å². The number of carbonyl (C=O) groups excluding carboxylic acids is 1. The molecule has 0 aliphatic carbocycles. The third-order valence-corrected chi connectivity index (χ3v) is 4.06. The summed E-state index contributed by atoms with van der Waals surface area (Å²) in [6.07, 6.45) is 1.07. The van der Waals surface area contributed by atoms with Gasteiger partial charge in [-0.1, -0.05) is 18.2 Å². The molecule has 2 aromatic carbocycles. The zero-order valence-corrected chi connectivity index (χ0v) is 12.3. The predicted molar refractivity (Wildman–Crippen MR) is 85.5 cm³/mol. The lowest BCUT2D eigenvalue weighted by Gasteiger charge is -2.18. The molecule has 1 aliphatic heterocycles. The van der Waals surface area contributed by atoms with E-state index in [1.54, 1.807) is 0 Å². The Morgan fingerprint density at radius 2 is 1.86 bits per heavy atom. The van der Waals surface area contributed by atoms with E-state index in [4.69, 9.17) is 0 Å². The molecule has 0 saturated carbocycles. The molecule has 114 valence electrons. The van der Waals surface area contributed by atoms with Crippen LogP contribution in [0.4, 0.5) is 10.1 Å². The van der Waals surface area contributed by atoms with Gasteiger partial charge in [0, 0.05) is 30.9 Å². The van der Waals surface area contributed by atoms with Crippen molar-refractivity contribution < 1.29 is 9.18 Å². The number of rotatable bonds is 4. The van der Waals surface area contributed by atoms with Crippen LogP contribution in [0, 0.1) is 11.7 Å². The molecule has 0 aromatic heterocycles. The minimum absolute atomic E-state index is 0.141. The number of amides is 1. The quantitative estimate of drug-likeness (QED) is 0.941. The van der Waals surface area contributed by atoms with Gasteiger partial charge in [0.2, 0.25) is 0 Å². The Bertz CT molecular complexity index is 627. The van der Waals surface area contributed by atoms with Crippen LogP contribution in [0.25, 0.3) is 0 Å². The van der Waals surface area contributed by atoms with E-state index in [1.165, 1.54) is 30.0 Å². The Balaban J connectivity index is 1.50. The second-order valence-corrected chi connectivity index (χ2v) is 5.65. The maximum atomic E-state index is 12.8. The van der Waals surface area contributed by atoms with Crippen molar-refractivity contribution in [3.05, 3.63) is 66.0 Å². The van der Waals surface area contributed by atoms with Crippen LogP contribution in [0.5, 0.6) is 0 Å². The van der Waals surface area contributed by atoms with Crippen molar-refractivity contribution in [1.29, 1.82) is 0 Å². The summed E-state index contributed by atoms with van der Waals surface area (Å²) in [5.74, 6) is -0.0198. The van der Waals surface area contributed by atoms with E-state index in [2.05, 4.69) is 22.3 Å². The third-order valence-electron chi connectivity index (χ3n) is 4.06. The molecular weight excluding hydrogens is 279 g/mol. The van der Waals surface area contributed by atoms with Gasteiger partial charge in [-0.05, 0) is 48.7 Å². The molecule has 0 unspecified atom stereocenters. The predicted octanol–water partition coefficient (Wildman–Crippen LogP) is 3.08. The molecule has 0 radical (unpaired) electrons. The molecule has 1 atom stereocenters. The van der Waals surface area contributed by atoms with Gasteiger partial charge in [0.05, 0.1) is 0 Å². The molecule has 1 fully saturated rings. The van der Waals surface area contributed by atoms with Gasteiger partial charge in [-0.2, -0.15) is 0 Å². The largest absolute Gasteiger partial charge is 0.371 e. The van der Waals surface area contributed by atoms with Gasteiger partial charge in [0.25, 0.3) is 5.91 Å². The molecule has 1 N–H and O–H groups in total. The maximum absolute atomic E-state index is 12.8. The first-order valence-electron chi connectivity index (χ1n) is 7.56. The van der Waals surface area contributed by atoms with E-state index in [0.29, 0.717) is 18.0 Å². The summed E-state index contributed by atoms with van der Waals surface area (Å²) in [7, 11) is 0. The number of hydrogen-bond donors (Lipinski definition) is 1. The van der Waals surface area contributed by atoms with E-state index in [-0.39, 0.29) is 11.7 Å². The average Bonchev–Trinajstić information content (AvgIpc) is 3.03. The Labute approximate surface area is 129 Å². The van der Waals surface area contributed by atoms with Crippen LogP contribution in [-0.2, 0) is 0 Å².